The van der Waals surface area contributed by atoms with Gasteiger partial charge in [0.1, 0.15) is 0 Å². The van der Waals surface area contributed by atoms with Crippen molar-refractivity contribution in [3.63, 3.8) is 0 Å². The maximum atomic E-state index is 7.57. The van der Waals surface area contributed by atoms with Gasteiger partial charge in [0, 0.05) is 11.1 Å². The van der Waals surface area contributed by atoms with Gasteiger partial charge in [-0.05, 0) is 39.0 Å². The number of rotatable bonds is 3. The van der Waals surface area contributed by atoms with Crippen molar-refractivity contribution < 1.29 is 14.6 Å². The van der Waals surface area contributed by atoms with Crippen LogP contribution < -0.4 is 9.47 Å². The molecule has 0 amide bonds. The quantitative estimate of drug-likeness (QED) is 0.929. The van der Waals surface area contributed by atoms with Crippen molar-refractivity contribution in [3.05, 3.63) is 22.7 Å². The van der Waals surface area contributed by atoms with Crippen LogP contribution in [0.4, 0.5) is 0 Å². The fourth-order valence-electron chi connectivity index (χ4n) is 0.993. The molecule has 3 nitrogen and oxygen atoms in total. The molecule has 0 unspecified atom stereocenters. The number of halogens is 1. The third-order valence-corrected chi connectivity index (χ3v) is 1.98. The molecule has 0 aliphatic heterocycles. The summed E-state index contributed by atoms with van der Waals surface area (Å²) in [6.07, 6.45) is 0.162. The lowest BCUT2D eigenvalue weighted by molar-refractivity contribution is 0.230. The highest BCUT2D eigenvalue weighted by Gasteiger charge is 2.05. The lowest BCUT2D eigenvalue weighted by Crippen LogP contribution is -2.06. The van der Waals surface area contributed by atoms with Gasteiger partial charge < -0.3 is 14.6 Å². The highest BCUT2D eigenvalue weighted by molar-refractivity contribution is 9.10. The van der Waals surface area contributed by atoms with Gasteiger partial charge in [-0.1, -0.05) is 15.9 Å². The molecule has 0 spiro atoms. The fourth-order valence-corrected chi connectivity index (χ4v) is 1.33. The molecule has 16 heavy (non-hydrogen) atoms. The second-order valence-corrected chi connectivity index (χ2v) is 4.19. The zero-order valence-corrected chi connectivity index (χ0v) is 11.7. The lowest BCUT2D eigenvalue weighted by Gasteiger charge is -2.13. The predicted octanol–water partition coefficient (Wildman–Crippen LogP) is 3.24. The molecule has 0 saturated carbocycles. The maximum absolute atomic E-state index is 7.57. The fraction of sp³-hybridized carbons (Fsp3) is 0.500. The molecule has 1 rings (SSSR count). The number of ether oxygens (including phenoxy) is 2. The van der Waals surface area contributed by atoms with Crippen LogP contribution in [-0.4, -0.2) is 24.9 Å². The van der Waals surface area contributed by atoms with Crippen molar-refractivity contribution in [2.45, 2.75) is 26.9 Å². The number of benzene rings is 1. The number of aliphatic hydroxyl groups excluding tert-OH is 1. The van der Waals surface area contributed by atoms with Gasteiger partial charge >= 0.3 is 0 Å². The van der Waals surface area contributed by atoms with E-state index >= 15 is 0 Å². The van der Waals surface area contributed by atoms with Crippen molar-refractivity contribution in [2.75, 3.05) is 13.7 Å². The first-order valence-corrected chi connectivity index (χ1v) is 5.95. The monoisotopic (exact) mass is 290 g/mol. The van der Waals surface area contributed by atoms with Crippen molar-refractivity contribution in [3.8, 4) is 11.5 Å². The molecule has 0 heterocycles. The zero-order valence-electron chi connectivity index (χ0n) is 10.2. The second-order valence-electron chi connectivity index (χ2n) is 3.28. The summed E-state index contributed by atoms with van der Waals surface area (Å²) in [5, 5.41) is 7.57. The molecule has 0 aliphatic rings. The predicted molar refractivity (Wildman–Crippen MR) is 69.2 cm³/mol. The summed E-state index contributed by atoms with van der Waals surface area (Å²) in [7, 11) is 1.63. The molecular weight excluding hydrogens is 272 g/mol. The third kappa shape index (κ3) is 5.98. The second kappa shape index (κ2) is 8.42. The van der Waals surface area contributed by atoms with Gasteiger partial charge in [-0.15, -0.1) is 0 Å². The SMILES string of the molecule is CCO.COc1cc(Br)ccc1OC(C)C. The van der Waals surface area contributed by atoms with E-state index in [0.29, 0.717) is 0 Å². The minimum absolute atomic E-state index is 0.162. The van der Waals surface area contributed by atoms with Gasteiger partial charge in [0.25, 0.3) is 0 Å². The van der Waals surface area contributed by atoms with Crippen LogP contribution in [0.25, 0.3) is 0 Å². The molecule has 92 valence electrons. The first-order chi connectivity index (χ1) is 7.54. The standard InChI is InChI=1S/C10H13BrO2.C2H6O/c1-7(2)13-9-5-4-8(11)6-10(9)12-3;1-2-3/h4-7H,1-3H3;3H,2H2,1H3. The average Bonchev–Trinajstić information content (AvgIpc) is 2.21. The van der Waals surface area contributed by atoms with Crippen LogP contribution in [0.3, 0.4) is 0 Å². The summed E-state index contributed by atoms with van der Waals surface area (Å²) in [5.74, 6) is 1.53. The minimum atomic E-state index is 0.162. The van der Waals surface area contributed by atoms with Gasteiger partial charge in [0.05, 0.1) is 13.2 Å². The number of hydrogen-bond donors (Lipinski definition) is 1. The summed E-state index contributed by atoms with van der Waals surface area (Å²) < 4.78 is 11.7. The van der Waals surface area contributed by atoms with E-state index in [1.165, 1.54) is 0 Å². The summed E-state index contributed by atoms with van der Waals surface area (Å²) in [5.41, 5.74) is 0. The zero-order chi connectivity index (χ0) is 12.6. The minimum Gasteiger partial charge on any atom is -0.493 e. The van der Waals surface area contributed by atoms with Crippen LogP contribution in [-0.2, 0) is 0 Å². The lowest BCUT2D eigenvalue weighted by atomic mass is 10.3. The van der Waals surface area contributed by atoms with E-state index in [9.17, 15) is 0 Å². The Kier molecular flexibility index (Phi) is 8.03. The van der Waals surface area contributed by atoms with E-state index in [1.807, 2.05) is 32.0 Å². The smallest absolute Gasteiger partial charge is 0.161 e. The van der Waals surface area contributed by atoms with Crippen LogP contribution >= 0.6 is 15.9 Å². The molecule has 1 aromatic carbocycles. The third-order valence-electron chi connectivity index (χ3n) is 1.49. The molecule has 0 aromatic heterocycles. The topological polar surface area (TPSA) is 38.7 Å². The van der Waals surface area contributed by atoms with E-state index < -0.39 is 0 Å². The Morgan fingerprint density at radius 2 is 1.88 bits per heavy atom. The van der Waals surface area contributed by atoms with Gasteiger partial charge in [-0.25, -0.2) is 0 Å². The first kappa shape index (κ1) is 15.3. The Hall–Kier alpha value is -0.740. The number of aliphatic hydroxyl groups is 1. The van der Waals surface area contributed by atoms with Crippen molar-refractivity contribution >= 4 is 15.9 Å². The van der Waals surface area contributed by atoms with Crippen LogP contribution in [0, 0.1) is 0 Å². The molecule has 0 saturated heterocycles. The summed E-state index contributed by atoms with van der Waals surface area (Å²) >= 11 is 3.37. The Morgan fingerprint density at radius 3 is 2.31 bits per heavy atom. The highest BCUT2D eigenvalue weighted by atomic mass is 79.9. The first-order valence-electron chi connectivity index (χ1n) is 5.16. The molecule has 0 radical (unpaired) electrons. The molecule has 4 heteroatoms. The highest BCUT2D eigenvalue weighted by Crippen LogP contribution is 2.30. The summed E-state index contributed by atoms with van der Waals surface area (Å²) in [4.78, 5) is 0. The van der Waals surface area contributed by atoms with E-state index in [-0.39, 0.29) is 12.7 Å². The molecule has 0 atom stereocenters. The average molecular weight is 291 g/mol. The van der Waals surface area contributed by atoms with Crippen LogP contribution in [0.1, 0.15) is 20.8 Å². The molecule has 0 aliphatic carbocycles. The van der Waals surface area contributed by atoms with E-state index in [4.69, 9.17) is 14.6 Å². The normalized spacial score (nSPS) is 9.44. The summed E-state index contributed by atoms with van der Waals surface area (Å²) in [6, 6.07) is 5.71. The van der Waals surface area contributed by atoms with Crippen molar-refractivity contribution in [1.29, 1.82) is 0 Å². The molecular formula is C12H19BrO3. The van der Waals surface area contributed by atoms with Crippen LogP contribution in [0.2, 0.25) is 0 Å². The van der Waals surface area contributed by atoms with E-state index in [2.05, 4.69) is 15.9 Å². The molecule has 0 bridgehead atoms. The van der Waals surface area contributed by atoms with Gasteiger partial charge in [-0.3, -0.25) is 0 Å². The molecule has 1 N–H and O–H groups in total. The Bertz CT molecular complexity index is 300. The van der Waals surface area contributed by atoms with E-state index in [1.54, 1.807) is 14.0 Å². The summed E-state index contributed by atoms with van der Waals surface area (Å²) in [6.45, 7) is 5.91. The Balaban J connectivity index is 0.000000673. The van der Waals surface area contributed by atoms with Gasteiger partial charge in [-0.2, -0.15) is 0 Å². The van der Waals surface area contributed by atoms with Gasteiger partial charge in [0.2, 0.25) is 0 Å². The van der Waals surface area contributed by atoms with Crippen LogP contribution in [0.15, 0.2) is 22.7 Å². The maximum Gasteiger partial charge on any atom is 0.161 e. The van der Waals surface area contributed by atoms with Crippen molar-refractivity contribution in [2.24, 2.45) is 0 Å². The molecule has 1 aromatic rings. The van der Waals surface area contributed by atoms with Gasteiger partial charge in [0.15, 0.2) is 11.5 Å². The number of hydrogen-bond acceptors (Lipinski definition) is 3. The largest absolute Gasteiger partial charge is 0.493 e. The van der Waals surface area contributed by atoms with E-state index in [0.717, 1.165) is 16.0 Å². The Labute approximate surface area is 106 Å². The van der Waals surface area contributed by atoms with Crippen LogP contribution in [0.5, 0.6) is 11.5 Å². The molecule has 0 fully saturated rings. The number of methoxy groups -OCH3 is 1. The Morgan fingerprint density at radius 1 is 1.31 bits per heavy atom. The van der Waals surface area contributed by atoms with Crippen molar-refractivity contribution in [1.82, 2.24) is 0 Å².